The highest BCUT2D eigenvalue weighted by molar-refractivity contribution is 5.94. The third kappa shape index (κ3) is 8.59. The van der Waals surface area contributed by atoms with Crippen molar-refractivity contribution in [3.63, 3.8) is 0 Å². The van der Waals surface area contributed by atoms with Crippen molar-refractivity contribution in [1.29, 1.82) is 0 Å². The van der Waals surface area contributed by atoms with Crippen molar-refractivity contribution in [1.82, 2.24) is 5.32 Å². The molecule has 1 aliphatic heterocycles. The number of hydrogen-bond donors (Lipinski definition) is 2. The SMILES string of the molecule is COc1cc(C(=O)NCCO)ccc1O[C@@H]1O[C@@H](COC(C)=O)[C@H](OC(C)=O)[C@H](OC(C)=O)[C@@H]1OC(C)=O. The van der Waals surface area contributed by atoms with Crippen LogP contribution in [0.25, 0.3) is 0 Å². The van der Waals surface area contributed by atoms with E-state index >= 15 is 0 Å². The minimum atomic E-state index is -1.47. The van der Waals surface area contributed by atoms with Gasteiger partial charge in [0, 0.05) is 39.8 Å². The molecule has 0 saturated carbocycles. The van der Waals surface area contributed by atoms with Gasteiger partial charge in [0.25, 0.3) is 5.91 Å². The Morgan fingerprint density at radius 2 is 1.47 bits per heavy atom. The molecule has 1 aliphatic rings. The van der Waals surface area contributed by atoms with E-state index in [2.05, 4.69) is 5.32 Å². The molecule has 14 heteroatoms. The second-order valence-electron chi connectivity index (χ2n) is 8.03. The zero-order valence-corrected chi connectivity index (χ0v) is 21.6. The van der Waals surface area contributed by atoms with Gasteiger partial charge in [0.1, 0.15) is 12.7 Å². The molecule has 0 unspecified atom stereocenters. The molecule has 14 nitrogen and oxygen atoms in total. The van der Waals surface area contributed by atoms with Gasteiger partial charge in [-0.2, -0.15) is 0 Å². The minimum Gasteiger partial charge on any atom is -0.493 e. The number of esters is 4. The maximum Gasteiger partial charge on any atom is 0.303 e. The van der Waals surface area contributed by atoms with E-state index in [0.717, 1.165) is 27.7 Å². The van der Waals surface area contributed by atoms with Crippen molar-refractivity contribution < 1.29 is 62.2 Å². The Kier molecular flexibility index (Phi) is 11.3. The van der Waals surface area contributed by atoms with Crippen LogP contribution in [0.3, 0.4) is 0 Å². The number of aliphatic hydroxyl groups is 1. The van der Waals surface area contributed by atoms with E-state index < -0.39 is 67.1 Å². The number of carbonyl (C=O) groups is 5. The topological polar surface area (TPSA) is 182 Å². The molecule has 1 aromatic rings. The van der Waals surface area contributed by atoms with Crippen molar-refractivity contribution in [2.75, 3.05) is 26.9 Å². The second-order valence-corrected chi connectivity index (χ2v) is 8.03. The van der Waals surface area contributed by atoms with Crippen LogP contribution in [0.4, 0.5) is 0 Å². The summed E-state index contributed by atoms with van der Waals surface area (Å²) in [6.07, 6.45) is -6.85. The van der Waals surface area contributed by atoms with E-state index in [4.69, 9.17) is 38.3 Å². The summed E-state index contributed by atoms with van der Waals surface area (Å²) in [5.74, 6) is -3.33. The number of carbonyl (C=O) groups excluding carboxylic acids is 5. The fourth-order valence-electron chi connectivity index (χ4n) is 3.59. The molecule has 0 bridgehead atoms. The fourth-order valence-corrected chi connectivity index (χ4v) is 3.59. The molecule has 2 N–H and O–H groups in total. The normalized spacial score (nSPS) is 22.4. The van der Waals surface area contributed by atoms with Crippen molar-refractivity contribution in [3.05, 3.63) is 23.8 Å². The number of methoxy groups -OCH3 is 1. The number of hydrogen-bond acceptors (Lipinski definition) is 13. The molecule has 0 radical (unpaired) electrons. The molecule has 1 heterocycles. The lowest BCUT2D eigenvalue weighted by molar-refractivity contribution is -0.288. The van der Waals surface area contributed by atoms with E-state index in [-0.39, 0.29) is 30.2 Å². The predicted molar refractivity (Wildman–Crippen MR) is 125 cm³/mol. The number of ether oxygens (including phenoxy) is 7. The molecule has 1 amide bonds. The van der Waals surface area contributed by atoms with Gasteiger partial charge in [-0.3, -0.25) is 24.0 Å². The molecular formula is C24H31NO13. The average Bonchev–Trinajstić information content (AvgIpc) is 2.84. The van der Waals surface area contributed by atoms with E-state index in [0.29, 0.717) is 0 Å². The predicted octanol–water partition coefficient (Wildman–Crippen LogP) is -0.121. The lowest BCUT2D eigenvalue weighted by Gasteiger charge is -2.44. The smallest absolute Gasteiger partial charge is 0.303 e. The van der Waals surface area contributed by atoms with Crippen LogP contribution in [-0.4, -0.2) is 92.5 Å². The van der Waals surface area contributed by atoms with E-state index in [1.807, 2.05) is 0 Å². The summed E-state index contributed by atoms with van der Waals surface area (Å²) in [5, 5.41) is 11.4. The Bertz CT molecular complexity index is 1030. The first kappa shape index (κ1) is 30.3. The molecule has 0 aliphatic carbocycles. The molecule has 2 rings (SSSR count). The van der Waals surface area contributed by atoms with Crippen LogP contribution < -0.4 is 14.8 Å². The summed E-state index contributed by atoms with van der Waals surface area (Å²) in [4.78, 5) is 59.5. The van der Waals surface area contributed by atoms with Gasteiger partial charge in [0.05, 0.1) is 13.7 Å². The third-order valence-electron chi connectivity index (χ3n) is 5.01. The molecule has 0 spiro atoms. The summed E-state index contributed by atoms with van der Waals surface area (Å²) >= 11 is 0. The highest BCUT2D eigenvalue weighted by Gasteiger charge is 2.53. The van der Waals surface area contributed by atoms with Crippen LogP contribution in [0, 0.1) is 0 Å². The highest BCUT2D eigenvalue weighted by Crippen LogP contribution is 2.34. The quantitative estimate of drug-likeness (QED) is 0.280. The monoisotopic (exact) mass is 541 g/mol. The Balaban J connectivity index is 2.48. The van der Waals surface area contributed by atoms with Gasteiger partial charge < -0.3 is 43.6 Å². The molecular weight excluding hydrogens is 510 g/mol. The maximum absolute atomic E-state index is 12.3. The molecule has 1 fully saturated rings. The highest BCUT2D eigenvalue weighted by atomic mass is 16.7. The fraction of sp³-hybridized carbons (Fsp3) is 0.542. The van der Waals surface area contributed by atoms with Crippen LogP contribution in [0.1, 0.15) is 38.1 Å². The van der Waals surface area contributed by atoms with E-state index in [9.17, 15) is 24.0 Å². The van der Waals surface area contributed by atoms with Crippen molar-refractivity contribution >= 4 is 29.8 Å². The first-order chi connectivity index (χ1) is 18.0. The van der Waals surface area contributed by atoms with Crippen LogP contribution >= 0.6 is 0 Å². The Labute approximate surface area is 218 Å². The van der Waals surface area contributed by atoms with Crippen molar-refractivity contribution in [3.8, 4) is 11.5 Å². The maximum atomic E-state index is 12.3. The van der Waals surface area contributed by atoms with Crippen LogP contribution in [-0.2, 0) is 42.9 Å². The summed E-state index contributed by atoms with van der Waals surface area (Å²) < 4.78 is 38.2. The molecule has 5 atom stereocenters. The largest absolute Gasteiger partial charge is 0.493 e. The standard InChI is InChI=1S/C24H31NO13/c1-12(27)33-11-19-20(34-13(2)28)21(35-14(3)29)22(36-15(4)30)24(38-19)37-17-7-6-16(10-18(17)32-5)23(31)25-8-9-26/h6-7,10,19-22,24,26H,8-9,11H2,1-5H3,(H,25,31)/t19-,20-,21-,22-,24+/m0/s1. The van der Waals surface area contributed by atoms with Crippen LogP contribution in [0.2, 0.25) is 0 Å². The molecule has 1 saturated heterocycles. The lowest BCUT2D eigenvalue weighted by Crippen LogP contribution is -2.63. The van der Waals surface area contributed by atoms with E-state index in [1.54, 1.807) is 0 Å². The molecule has 210 valence electrons. The first-order valence-corrected chi connectivity index (χ1v) is 11.5. The summed E-state index contributed by atoms with van der Waals surface area (Å²) in [7, 11) is 1.32. The van der Waals surface area contributed by atoms with E-state index in [1.165, 1.54) is 25.3 Å². The Morgan fingerprint density at radius 3 is 2.03 bits per heavy atom. The Hall–Kier alpha value is -3.91. The average molecular weight is 542 g/mol. The van der Waals surface area contributed by atoms with Gasteiger partial charge >= 0.3 is 23.9 Å². The lowest BCUT2D eigenvalue weighted by atomic mass is 9.98. The number of aliphatic hydroxyl groups excluding tert-OH is 1. The van der Waals surface area contributed by atoms with Gasteiger partial charge in [-0.15, -0.1) is 0 Å². The number of rotatable bonds is 11. The summed E-state index contributed by atoms with van der Waals surface area (Å²) in [6.45, 7) is 3.86. The zero-order valence-electron chi connectivity index (χ0n) is 21.6. The second kappa shape index (κ2) is 14.1. The van der Waals surface area contributed by atoms with Gasteiger partial charge in [0.2, 0.25) is 12.4 Å². The van der Waals surface area contributed by atoms with Crippen LogP contribution in [0.5, 0.6) is 11.5 Å². The van der Waals surface area contributed by atoms with Gasteiger partial charge in [-0.1, -0.05) is 0 Å². The van der Waals surface area contributed by atoms with Gasteiger partial charge in [0.15, 0.2) is 23.7 Å². The third-order valence-corrected chi connectivity index (χ3v) is 5.01. The molecule has 38 heavy (non-hydrogen) atoms. The van der Waals surface area contributed by atoms with Gasteiger partial charge in [-0.25, -0.2) is 0 Å². The first-order valence-electron chi connectivity index (χ1n) is 11.5. The number of benzene rings is 1. The van der Waals surface area contributed by atoms with Crippen molar-refractivity contribution in [2.45, 2.75) is 58.4 Å². The minimum absolute atomic E-state index is 0.0458. The molecule has 0 aromatic heterocycles. The van der Waals surface area contributed by atoms with Crippen molar-refractivity contribution in [2.24, 2.45) is 0 Å². The Morgan fingerprint density at radius 1 is 0.868 bits per heavy atom. The number of nitrogens with one attached hydrogen (secondary N) is 1. The van der Waals surface area contributed by atoms with Gasteiger partial charge in [-0.05, 0) is 18.2 Å². The zero-order chi connectivity index (χ0) is 28.4. The summed E-state index contributed by atoms with van der Waals surface area (Å²) in [5.41, 5.74) is 0.198. The molecule has 1 aromatic carbocycles. The van der Waals surface area contributed by atoms with Crippen LogP contribution in [0.15, 0.2) is 18.2 Å². The number of amides is 1. The summed E-state index contributed by atoms with van der Waals surface area (Å²) in [6, 6.07) is 4.17.